The van der Waals surface area contributed by atoms with Crippen molar-refractivity contribution >= 4 is 56.1 Å². The summed E-state index contributed by atoms with van der Waals surface area (Å²) in [5, 5.41) is 2.83. The molecule has 1 atom stereocenters. The Labute approximate surface area is 219 Å². The van der Waals surface area contributed by atoms with E-state index in [1.54, 1.807) is 19.9 Å². The Kier molecular flexibility index (Phi) is 6.17. The SMILES string of the molecule is CCOC(=O)C1=C(C)N=c2s/c(=C3\C(=O)Nc4ccc(Br)cc43)c(=O)n2[C@@H]1c1ccc(N(C)C)cc1. The van der Waals surface area contributed by atoms with Crippen LogP contribution in [-0.2, 0) is 14.3 Å². The van der Waals surface area contributed by atoms with E-state index in [-0.39, 0.29) is 22.6 Å². The van der Waals surface area contributed by atoms with Gasteiger partial charge in [-0.15, -0.1) is 0 Å². The summed E-state index contributed by atoms with van der Waals surface area (Å²) in [6, 6.07) is 12.4. The van der Waals surface area contributed by atoms with Crippen molar-refractivity contribution in [1.29, 1.82) is 0 Å². The van der Waals surface area contributed by atoms with E-state index in [4.69, 9.17) is 4.74 Å². The molecular weight excluding hydrogens is 544 g/mol. The molecule has 3 aromatic rings. The molecule has 184 valence electrons. The van der Waals surface area contributed by atoms with Crippen LogP contribution in [0.2, 0.25) is 0 Å². The molecule has 2 aromatic carbocycles. The number of ether oxygens (including phenoxy) is 1. The van der Waals surface area contributed by atoms with Gasteiger partial charge in [-0.25, -0.2) is 9.79 Å². The number of allylic oxidation sites excluding steroid dienone is 1. The van der Waals surface area contributed by atoms with Gasteiger partial charge in [0.1, 0.15) is 4.53 Å². The molecule has 1 aromatic heterocycles. The molecule has 36 heavy (non-hydrogen) atoms. The van der Waals surface area contributed by atoms with Crippen molar-refractivity contribution in [1.82, 2.24) is 4.57 Å². The predicted octanol–water partition coefficient (Wildman–Crippen LogP) is 2.95. The van der Waals surface area contributed by atoms with Crippen LogP contribution in [0.25, 0.3) is 5.57 Å². The van der Waals surface area contributed by atoms with E-state index in [1.165, 1.54) is 4.57 Å². The molecular formula is C26H23BrN4O4S. The van der Waals surface area contributed by atoms with Crippen molar-refractivity contribution in [2.45, 2.75) is 19.9 Å². The van der Waals surface area contributed by atoms with E-state index in [2.05, 4.69) is 26.2 Å². The molecule has 2 aliphatic rings. The highest BCUT2D eigenvalue weighted by Gasteiger charge is 2.35. The number of hydrogen-bond acceptors (Lipinski definition) is 7. The quantitative estimate of drug-likeness (QED) is 0.490. The molecule has 0 saturated carbocycles. The average molecular weight is 567 g/mol. The first kappa shape index (κ1) is 24.2. The van der Waals surface area contributed by atoms with Crippen molar-refractivity contribution in [2.24, 2.45) is 4.99 Å². The number of hydrogen-bond donors (Lipinski definition) is 1. The molecule has 8 nitrogen and oxygen atoms in total. The number of anilines is 2. The average Bonchev–Trinajstić information content (AvgIpc) is 3.32. The minimum atomic E-state index is -0.739. The van der Waals surface area contributed by atoms with Crippen molar-refractivity contribution in [2.75, 3.05) is 30.9 Å². The molecule has 0 unspecified atom stereocenters. The Bertz CT molecular complexity index is 1630. The molecule has 2 aliphatic heterocycles. The van der Waals surface area contributed by atoms with Crippen LogP contribution >= 0.6 is 27.3 Å². The monoisotopic (exact) mass is 566 g/mol. The molecule has 0 spiro atoms. The molecule has 0 bridgehead atoms. The van der Waals surface area contributed by atoms with Gasteiger partial charge in [-0.05, 0) is 49.7 Å². The number of esters is 1. The number of amides is 1. The summed E-state index contributed by atoms with van der Waals surface area (Å²) in [6.07, 6.45) is 0. The summed E-state index contributed by atoms with van der Waals surface area (Å²) in [5.41, 5.74) is 3.72. The fourth-order valence-electron chi connectivity index (χ4n) is 4.48. The maximum Gasteiger partial charge on any atom is 0.338 e. The van der Waals surface area contributed by atoms with Gasteiger partial charge in [-0.3, -0.25) is 14.2 Å². The third-order valence-electron chi connectivity index (χ3n) is 6.17. The van der Waals surface area contributed by atoms with Gasteiger partial charge < -0.3 is 15.0 Å². The minimum Gasteiger partial charge on any atom is -0.463 e. The largest absolute Gasteiger partial charge is 0.463 e. The first-order valence-corrected chi connectivity index (χ1v) is 12.9. The molecule has 0 saturated heterocycles. The highest BCUT2D eigenvalue weighted by molar-refractivity contribution is 9.10. The van der Waals surface area contributed by atoms with Gasteiger partial charge in [0.2, 0.25) is 0 Å². The van der Waals surface area contributed by atoms with Crippen LogP contribution in [0.15, 0.2) is 68.0 Å². The number of carbonyl (C=O) groups excluding carboxylic acids is 2. The minimum absolute atomic E-state index is 0.197. The molecule has 3 heterocycles. The van der Waals surface area contributed by atoms with Crippen molar-refractivity contribution < 1.29 is 14.3 Å². The lowest BCUT2D eigenvalue weighted by atomic mass is 9.95. The summed E-state index contributed by atoms with van der Waals surface area (Å²) in [6.45, 7) is 3.67. The standard InChI is InChI=1S/C26H23BrN4O4S/c1-5-35-25(34)19-13(2)28-26-31(21(19)14-6-9-16(10-7-14)30(3)4)24(33)22(36-26)20-17-12-15(27)8-11-18(17)29-23(20)32/h6-12,21H,5H2,1-4H3,(H,29,32)/b22-20-/t21-/m1/s1. The van der Waals surface area contributed by atoms with Gasteiger partial charge in [-0.2, -0.15) is 0 Å². The van der Waals surface area contributed by atoms with Crippen LogP contribution in [0.1, 0.15) is 31.0 Å². The number of nitrogens with one attached hydrogen (secondary N) is 1. The third kappa shape index (κ3) is 3.90. The third-order valence-corrected chi connectivity index (χ3v) is 7.72. The second kappa shape index (κ2) is 9.18. The van der Waals surface area contributed by atoms with E-state index in [0.717, 1.165) is 27.1 Å². The number of benzene rings is 2. The molecule has 1 N–H and O–H groups in total. The summed E-state index contributed by atoms with van der Waals surface area (Å²) >= 11 is 4.60. The fraction of sp³-hybridized carbons (Fsp3) is 0.231. The topological polar surface area (TPSA) is 93.0 Å². The molecule has 0 fully saturated rings. The summed E-state index contributed by atoms with van der Waals surface area (Å²) < 4.78 is 7.92. The normalized spacial score (nSPS) is 17.8. The van der Waals surface area contributed by atoms with E-state index < -0.39 is 12.0 Å². The van der Waals surface area contributed by atoms with Gasteiger partial charge in [0.15, 0.2) is 4.80 Å². The maximum absolute atomic E-state index is 14.0. The van der Waals surface area contributed by atoms with Crippen LogP contribution in [0.4, 0.5) is 11.4 Å². The lowest BCUT2D eigenvalue weighted by molar-refractivity contribution is -0.139. The lowest BCUT2D eigenvalue weighted by Crippen LogP contribution is -2.40. The zero-order valence-corrected chi connectivity index (χ0v) is 22.5. The van der Waals surface area contributed by atoms with Crippen molar-refractivity contribution in [3.8, 4) is 0 Å². The van der Waals surface area contributed by atoms with Crippen LogP contribution in [-0.4, -0.2) is 37.1 Å². The van der Waals surface area contributed by atoms with E-state index in [9.17, 15) is 14.4 Å². The molecule has 5 rings (SSSR count). The Morgan fingerprint density at radius 3 is 2.58 bits per heavy atom. The van der Waals surface area contributed by atoms with Crippen LogP contribution in [0.3, 0.4) is 0 Å². The summed E-state index contributed by atoms with van der Waals surface area (Å²) in [7, 11) is 3.88. The maximum atomic E-state index is 14.0. The van der Waals surface area contributed by atoms with Gasteiger partial charge >= 0.3 is 5.97 Å². The molecule has 10 heteroatoms. The lowest BCUT2D eigenvalue weighted by Gasteiger charge is -2.25. The van der Waals surface area contributed by atoms with E-state index in [0.29, 0.717) is 32.9 Å². The number of nitrogens with zero attached hydrogens (tertiary/aromatic N) is 3. The number of aromatic nitrogens is 1. The first-order chi connectivity index (χ1) is 17.2. The predicted molar refractivity (Wildman–Crippen MR) is 143 cm³/mol. The van der Waals surface area contributed by atoms with Gasteiger partial charge in [0.25, 0.3) is 11.5 Å². The second-order valence-electron chi connectivity index (χ2n) is 8.63. The van der Waals surface area contributed by atoms with Gasteiger partial charge in [-0.1, -0.05) is 39.4 Å². The highest BCUT2D eigenvalue weighted by atomic mass is 79.9. The van der Waals surface area contributed by atoms with Crippen LogP contribution in [0, 0.1) is 0 Å². The van der Waals surface area contributed by atoms with Gasteiger partial charge in [0, 0.05) is 35.5 Å². The summed E-state index contributed by atoms with van der Waals surface area (Å²) in [5.74, 6) is -0.868. The number of rotatable bonds is 4. The smallest absolute Gasteiger partial charge is 0.338 e. The Balaban J connectivity index is 1.80. The van der Waals surface area contributed by atoms with E-state index >= 15 is 0 Å². The Morgan fingerprint density at radius 1 is 1.19 bits per heavy atom. The van der Waals surface area contributed by atoms with Crippen LogP contribution < -0.4 is 25.1 Å². The Hall–Kier alpha value is -3.50. The Morgan fingerprint density at radius 2 is 1.92 bits per heavy atom. The van der Waals surface area contributed by atoms with E-state index in [1.807, 2.05) is 55.4 Å². The summed E-state index contributed by atoms with van der Waals surface area (Å²) in [4.78, 5) is 47.0. The molecule has 0 radical (unpaired) electrons. The van der Waals surface area contributed by atoms with Crippen molar-refractivity contribution in [3.63, 3.8) is 0 Å². The van der Waals surface area contributed by atoms with Crippen molar-refractivity contribution in [3.05, 3.63) is 89.0 Å². The zero-order valence-electron chi connectivity index (χ0n) is 20.1. The fourth-order valence-corrected chi connectivity index (χ4v) is 5.98. The second-order valence-corrected chi connectivity index (χ2v) is 10.5. The molecule has 0 aliphatic carbocycles. The number of thiazole rings is 1. The number of carbonyl (C=O) groups is 2. The number of halogens is 1. The zero-order chi connectivity index (χ0) is 25.7. The molecule has 1 amide bonds. The van der Waals surface area contributed by atoms with Gasteiger partial charge in [0.05, 0.1) is 29.5 Å². The van der Waals surface area contributed by atoms with Crippen LogP contribution in [0.5, 0.6) is 0 Å². The highest BCUT2D eigenvalue weighted by Crippen LogP contribution is 2.34. The first-order valence-electron chi connectivity index (χ1n) is 11.3. The number of fused-ring (bicyclic) bond motifs is 2.